The Bertz CT molecular complexity index is 324. The first-order chi connectivity index (χ1) is 5.77. The van der Waals surface area contributed by atoms with Gasteiger partial charge in [-0.15, -0.1) is 0 Å². The zero-order valence-electron chi connectivity index (χ0n) is 6.66. The number of rotatable bonds is 0. The highest BCUT2D eigenvalue weighted by Crippen LogP contribution is 2.22. The number of carbonyl (C=O) groups excluding carboxylic acids is 1. The van der Waals surface area contributed by atoms with E-state index in [1.165, 1.54) is 0 Å². The summed E-state index contributed by atoms with van der Waals surface area (Å²) in [6, 6.07) is 3.41. The maximum Gasteiger partial charge on any atom is 0.246 e. The van der Waals surface area contributed by atoms with Crippen molar-refractivity contribution < 1.29 is 4.79 Å². The minimum Gasteiger partial charge on any atom is -0.357 e. The maximum atomic E-state index is 11.2. The normalized spacial score (nSPS) is 20.8. The highest BCUT2D eigenvalue weighted by molar-refractivity contribution is 6.01. The van der Waals surface area contributed by atoms with Gasteiger partial charge < -0.3 is 10.6 Å². The summed E-state index contributed by atoms with van der Waals surface area (Å²) < 4.78 is 0. The van der Waals surface area contributed by atoms with Crippen LogP contribution >= 0.6 is 0 Å². The van der Waals surface area contributed by atoms with Gasteiger partial charge in [0.1, 0.15) is 11.9 Å². The van der Waals surface area contributed by atoms with Crippen LogP contribution in [-0.2, 0) is 4.79 Å². The van der Waals surface area contributed by atoms with Gasteiger partial charge in [-0.05, 0) is 19.1 Å². The van der Waals surface area contributed by atoms with Crippen LogP contribution < -0.4 is 10.6 Å². The largest absolute Gasteiger partial charge is 0.357 e. The second-order valence-corrected chi connectivity index (χ2v) is 2.75. The number of nitrogens with one attached hydrogen (secondary N) is 2. The summed E-state index contributed by atoms with van der Waals surface area (Å²) in [4.78, 5) is 15.2. The third-order valence-corrected chi connectivity index (χ3v) is 1.81. The number of carbonyl (C=O) groups is 1. The summed E-state index contributed by atoms with van der Waals surface area (Å²) in [5, 5.41) is 5.73. The van der Waals surface area contributed by atoms with Crippen molar-refractivity contribution in [1.82, 2.24) is 4.98 Å². The number of fused-ring (bicyclic) bond motifs is 1. The standard InChI is InChI=1S/C8H9N3O/c1-5-8(12)11-6-3-2-4-9-7(6)10-5/h2-5H,1H3,(H,9,10)(H,11,12)/t5-/m1/s1. The van der Waals surface area contributed by atoms with Crippen molar-refractivity contribution in [1.29, 1.82) is 0 Å². The molecule has 0 unspecified atom stereocenters. The fraction of sp³-hybridized carbons (Fsp3) is 0.250. The fourth-order valence-electron chi connectivity index (χ4n) is 1.13. The van der Waals surface area contributed by atoms with Crippen LogP contribution in [0.1, 0.15) is 6.92 Å². The Morgan fingerprint density at radius 3 is 3.25 bits per heavy atom. The zero-order chi connectivity index (χ0) is 8.55. The molecule has 12 heavy (non-hydrogen) atoms. The monoisotopic (exact) mass is 163 g/mol. The Morgan fingerprint density at radius 2 is 2.42 bits per heavy atom. The van der Waals surface area contributed by atoms with E-state index in [1.54, 1.807) is 19.2 Å². The number of amides is 1. The molecule has 0 aliphatic carbocycles. The van der Waals surface area contributed by atoms with Crippen molar-refractivity contribution in [3.8, 4) is 0 Å². The lowest BCUT2D eigenvalue weighted by Crippen LogP contribution is -2.36. The second kappa shape index (κ2) is 2.48. The van der Waals surface area contributed by atoms with E-state index in [2.05, 4.69) is 15.6 Å². The molecule has 0 spiro atoms. The average Bonchev–Trinajstić information content (AvgIpc) is 2.07. The molecular formula is C8H9N3O. The lowest BCUT2D eigenvalue weighted by atomic mass is 10.2. The van der Waals surface area contributed by atoms with Crippen LogP contribution in [0.5, 0.6) is 0 Å². The highest BCUT2D eigenvalue weighted by atomic mass is 16.2. The summed E-state index contributed by atoms with van der Waals surface area (Å²) in [5.74, 6) is 0.722. The Hall–Kier alpha value is -1.58. The van der Waals surface area contributed by atoms with Crippen LogP contribution in [0.3, 0.4) is 0 Å². The van der Waals surface area contributed by atoms with Gasteiger partial charge in [-0.25, -0.2) is 4.98 Å². The van der Waals surface area contributed by atoms with Gasteiger partial charge in [0.2, 0.25) is 5.91 Å². The number of nitrogens with zero attached hydrogens (tertiary/aromatic N) is 1. The number of hydrogen-bond acceptors (Lipinski definition) is 3. The molecule has 4 nitrogen and oxygen atoms in total. The lowest BCUT2D eigenvalue weighted by Gasteiger charge is -2.22. The van der Waals surface area contributed by atoms with Gasteiger partial charge in [0.25, 0.3) is 0 Å². The molecule has 2 rings (SSSR count). The first-order valence-electron chi connectivity index (χ1n) is 3.80. The van der Waals surface area contributed by atoms with E-state index in [9.17, 15) is 4.79 Å². The van der Waals surface area contributed by atoms with Crippen LogP contribution in [-0.4, -0.2) is 16.9 Å². The average molecular weight is 163 g/mol. The number of pyridine rings is 1. The summed E-state index contributed by atoms with van der Waals surface area (Å²) in [6.07, 6.45) is 1.69. The summed E-state index contributed by atoms with van der Waals surface area (Å²) in [6.45, 7) is 1.80. The molecule has 0 saturated heterocycles. The van der Waals surface area contributed by atoms with Crippen LogP contribution in [0.4, 0.5) is 11.5 Å². The fourth-order valence-corrected chi connectivity index (χ4v) is 1.13. The van der Waals surface area contributed by atoms with Gasteiger partial charge >= 0.3 is 0 Å². The molecular weight excluding hydrogens is 154 g/mol. The molecule has 0 radical (unpaired) electrons. The van der Waals surface area contributed by atoms with Crippen molar-refractivity contribution >= 4 is 17.4 Å². The van der Waals surface area contributed by atoms with Crippen molar-refractivity contribution in [3.05, 3.63) is 18.3 Å². The van der Waals surface area contributed by atoms with Crippen LogP contribution in [0, 0.1) is 0 Å². The molecule has 1 amide bonds. The third-order valence-electron chi connectivity index (χ3n) is 1.81. The van der Waals surface area contributed by atoms with Crippen LogP contribution in [0.15, 0.2) is 18.3 Å². The molecule has 0 aromatic carbocycles. The molecule has 2 N–H and O–H groups in total. The predicted molar refractivity (Wildman–Crippen MR) is 46.0 cm³/mol. The smallest absolute Gasteiger partial charge is 0.246 e. The van der Waals surface area contributed by atoms with E-state index >= 15 is 0 Å². The van der Waals surface area contributed by atoms with Gasteiger partial charge in [-0.3, -0.25) is 4.79 Å². The molecule has 4 heteroatoms. The molecule has 62 valence electrons. The van der Waals surface area contributed by atoms with Gasteiger partial charge in [0.15, 0.2) is 0 Å². The van der Waals surface area contributed by atoms with E-state index in [1.807, 2.05) is 6.07 Å². The summed E-state index contributed by atoms with van der Waals surface area (Å²) in [7, 11) is 0. The topological polar surface area (TPSA) is 54.0 Å². The molecule has 0 fully saturated rings. The zero-order valence-corrected chi connectivity index (χ0v) is 6.66. The number of anilines is 2. The maximum absolute atomic E-state index is 11.2. The van der Waals surface area contributed by atoms with Crippen molar-refractivity contribution in [2.75, 3.05) is 10.6 Å². The molecule has 1 aromatic rings. The SMILES string of the molecule is C[C@H]1Nc2ncccc2NC1=O. The van der Waals surface area contributed by atoms with E-state index in [-0.39, 0.29) is 11.9 Å². The second-order valence-electron chi connectivity index (χ2n) is 2.75. The van der Waals surface area contributed by atoms with Gasteiger partial charge in [-0.1, -0.05) is 0 Å². The Balaban J connectivity index is 2.40. The molecule has 1 aliphatic rings. The minimum atomic E-state index is -0.201. The Labute approximate surface area is 70.0 Å². The number of hydrogen-bond donors (Lipinski definition) is 2. The highest BCUT2D eigenvalue weighted by Gasteiger charge is 2.21. The molecule has 0 bridgehead atoms. The van der Waals surface area contributed by atoms with Gasteiger partial charge in [0.05, 0.1) is 5.69 Å². The molecule has 0 saturated carbocycles. The predicted octanol–water partition coefficient (Wildman–Crippen LogP) is 0.834. The molecule has 1 aliphatic heterocycles. The first-order valence-corrected chi connectivity index (χ1v) is 3.80. The molecule has 2 heterocycles. The Morgan fingerprint density at radius 1 is 1.58 bits per heavy atom. The van der Waals surface area contributed by atoms with E-state index in [0.717, 1.165) is 11.5 Å². The lowest BCUT2D eigenvalue weighted by molar-refractivity contribution is -0.116. The van der Waals surface area contributed by atoms with Gasteiger partial charge in [0, 0.05) is 6.20 Å². The molecule has 1 atom stereocenters. The van der Waals surface area contributed by atoms with E-state index < -0.39 is 0 Å². The van der Waals surface area contributed by atoms with E-state index in [4.69, 9.17) is 0 Å². The summed E-state index contributed by atoms with van der Waals surface area (Å²) in [5.41, 5.74) is 0.751. The van der Waals surface area contributed by atoms with Crippen molar-refractivity contribution in [3.63, 3.8) is 0 Å². The first kappa shape index (κ1) is 7.09. The van der Waals surface area contributed by atoms with Gasteiger partial charge in [-0.2, -0.15) is 0 Å². The molecule has 1 aromatic heterocycles. The minimum absolute atomic E-state index is 0.0181. The number of aromatic nitrogens is 1. The third kappa shape index (κ3) is 1.01. The summed E-state index contributed by atoms with van der Waals surface area (Å²) >= 11 is 0. The van der Waals surface area contributed by atoms with Crippen LogP contribution in [0.25, 0.3) is 0 Å². The van der Waals surface area contributed by atoms with Crippen molar-refractivity contribution in [2.24, 2.45) is 0 Å². The van der Waals surface area contributed by atoms with Crippen molar-refractivity contribution in [2.45, 2.75) is 13.0 Å². The van der Waals surface area contributed by atoms with E-state index in [0.29, 0.717) is 0 Å². The quantitative estimate of drug-likeness (QED) is 0.595. The Kier molecular flexibility index (Phi) is 1.46. The van der Waals surface area contributed by atoms with Crippen LogP contribution in [0.2, 0.25) is 0 Å².